The summed E-state index contributed by atoms with van der Waals surface area (Å²) in [5.74, 6) is -1.39. The first-order valence-electron chi connectivity index (χ1n) is 13.3. The Balaban J connectivity index is 2.16. The Hall–Kier alpha value is -1.80. The Morgan fingerprint density at radius 1 is 1.19 bits per heavy atom. The van der Waals surface area contributed by atoms with E-state index in [2.05, 4.69) is 20.1 Å². The van der Waals surface area contributed by atoms with Crippen molar-refractivity contribution in [3.8, 4) is 0 Å². The molecule has 3 heterocycles. The van der Waals surface area contributed by atoms with Gasteiger partial charge in [0, 0.05) is 29.9 Å². The summed E-state index contributed by atoms with van der Waals surface area (Å²) in [4.78, 5) is 48.0. The van der Waals surface area contributed by atoms with Crippen molar-refractivity contribution < 1.29 is 19.5 Å². The molecule has 0 aromatic carbocycles. The van der Waals surface area contributed by atoms with Crippen LogP contribution in [0.1, 0.15) is 67.2 Å². The van der Waals surface area contributed by atoms with Crippen LogP contribution in [0.2, 0.25) is 0 Å². The molecule has 2 bridgehead atoms. The van der Waals surface area contributed by atoms with Crippen molar-refractivity contribution >= 4 is 29.5 Å². The van der Waals surface area contributed by atoms with Gasteiger partial charge in [-0.3, -0.25) is 14.4 Å². The number of amides is 3. The molecule has 3 fully saturated rings. The number of aliphatic hydroxyl groups excluding tert-OH is 1. The van der Waals surface area contributed by atoms with Crippen molar-refractivity contribution in [3.05, 3.63) is 25.3 Å². The van der Waals surface area contributed by atoms with E-state index >= 15 is 0 Å². The predicted octanol–water partition coefficient (Wildman–Crippen LogP) is 3.48. The monoisotopic (exact) mass is 519 g/mol. The summed E-state index contributed by atoms with van der Waals surface area (Å²) in [6.45, 7) is 20.9. The number of hydrogen-bond acceptors (Lipinski definition) is 5. The average Bonchev–Trinajstić information content (AvgIpc) is 3.38. The maximum atomic E-state index is 14.4. The van der Waals surface area contributed by atoms with E-state index in [1.165, 1.54) is 0 Å². The van der Waals surface area contributed by atoms with Crippen LogP contribution in [0.25, 0.3) is 0 Å². The minimum Gasteiger partial charge on any atom is -0.394 e. The third kappa shape index (κ3) is 4.42. The maximum absolute atomic E-state index is 14.4. The van der Waals surface area contributed by atoms with E-state index in [1.807, 2.05) is 39.5 Å². The quantitative estimate of drug-likeness (QED) is 0.423. The van der Waals surface area contributed by atoms with Gasteiger partial charge in [0.2, 0.25) is 17.7 Å². The van der Waals surface area contributed by atoms with Gasteiger partial charge in [-0.15, -0.1) is 24.9 Å². The maximum Gasteiger partial charge on any atom is 0.247 e. The van der Waals surface area contributed by atoms with Crippen molar-refractivity contribution in [2.45, 2.75) is 94.3 Å². The van der Waals surface area contributed by atoms with Gasteiger partial charge in [-0.1, -0.05) is 26.0 Å². The van der Waals surface area contributed by atoms with Gasteiger partial charge in [-0.2, -0.15) is 0 Å². The van der Waals surface area contributed by atoms with Crippen LogP contribution in [0.4, 0.5) is 0 Å². The highest BCUT2D eigenvalue weighted by atomic mass is 32.2. The molecule has 0 aromatic rings. The number of carbonyl (C=O) groups excluding carboxylic acids is 3. The van der Waals surface area contributed by atoms with Crippen molar-refractivity contribution in [1.29, 1.82) is 0 Å². The van der Waals surface area contributed by atoms with Gasteiger partial charge in [0.05, 0.1) is 29.2 Å². The zero-order valence-corrected chi connectivity index (χ0v) is 23.8. The standard InChI is InChI=1S/C28H45N3O4S/c1-9-15-29(16-10-2)23(33)20-21-24(34)31(19(12-4)18-32)22(28(21)14-13-27(20,8)36-28)25(35)30(17-11-3)26(5,6)7/h9,11,19-22,32H,1,3,10,12-18H2,2,4-8H3/t19-,20-,21-,22?,27+,28?/m0/s1. The van der Waals surface area contributed by atoms with Crippen molar-refractivity contribution in [3.63, 3.8) is 0 Å². The molecule has 3 aliphatic heterocycles. The summed E-state index contributed by atoms with van der Waals surface area (Å²) in [6.07, 6.45) is 6.27. The third-order valence-corrected chi connectivity index (χ3v) is 10.3. The van der Waals surface area contributed by atoms with Gasteiger partial charge < -0.3 is 19.8 Å². The third-order valence-electron chi connectivity index (χ3n) is 8.33. The topological polar surface area (TPSA) is 81.2 Å². The van der Waals surface area contributed by atoms with Gasteiger partial charge >= 0.3 is 0 Å². The van der Waals surface area contributed by atoms with Crippen LogP contribution in [-0.4, -0.2) is 90.9 Å². The molecule has 8 heteroatoms. The zero-order valence-electron chi connectivity index (χ0n) is 23.0. The SMILES string of the molecule is C=CCN(CCC)C(=O)[C@@H]1[C@H]2C(=O)N([C@@H](CC)CO)C(C(=O)N(CC=C)C(C)(C)C)C23CC[C@@]1(C)S3. The Bertz CT molecular complexity index is 898. The Morgan fingerprint density at radius 3 is 2.33 bits per heavy atom. The largest absolute Gasteiger partial charge is 0.394 e. The van der Waals surface area contributed by atoms with Gasteiger partial charge in [0.25, 0.3) is 0 Å². The first-order valence-corrected chi connectivity index (χ1v) is 14.1. The molecule has 1 spiro atoms. The zero-order chi connectivity index (χ0) is 27.1. The summed E-state index contributed by atoms with van der Waals surface area (Å²) in [5, 5.41) is 10.3. The molecule has 3 aliphatic rings. The fourth-order valence-electron chi connectivity index (χ4n) is 6.71. The highest BCUT2D eigenvalue weighted by Crippen LogP contribution is 2.72. The molecule has 7 nitrogen and oxygen atoms in total. The van der Waals surface area contributed by atoms with E-state index in [-0.39, 0.29) is 24.3 Å². The second-order valence-corrected chi connectivity index (χ2v) is 13.6. The Labute approximate surface area is 221 Å². The molecular formula is C28H45N3O4S. The van der Waals surface area contributed by atoms with Gasteiger partial charge in [-0.25, -0.2) is 0 Å². The molecule has 6 atom stereocenters. The van der Waals surface area contributed by atoms with Crippen molar-refractivity contribution in [2.24, 2.45) is 11.8 Å². The van der Waals surface area contributed by atoms with E-state index in [0.29, 0.717) is 32.5 Å². The summed E-state index contributed by atoms with van der Waals surface area (Å²) in [7, 11) is 0. The summed E-state index contributed by atoms with van der Waals surface area (Å²) in [6, 6.07) is -1.20. The van der Waals surface area contributed by atoms with Crippen molar-refractivity contribution in [1.82, 2.24) is 14.7 Å². The number of thioether (sulfide) groups is 1. The number of carbonyl (C=O) groups is 3. The fraction of sp³-hybridized carbons (Fsp3) is 0.750. The molecule has 202 valence electrons. The van der Waals surface area contributed by atoms with Crippen molar-refractivity contribution in [2.75, 3.05) is 26.2 Å². The van der Waals surface area contributed by atoms with Gasteiger partial charge in [0.15, 0.2) is 0 Å². The Kier molecular flexibility index (Phi) is 8.41. The molecule has 3 amide bonds. The smallest absolute Gasteiger partial charge is 0.247 e. The number of nitrogens with zero attached hydrogens (tertiary/aromatic N) is 3. The number of aliphatic hydroxyl groups is 1. The van der Waals surface area contributed by atoms with Gasteiger partial charge in [-0.05, 0) is 53.4 Å². The second kappa shape index (κ2) is 10.5. The predicted molar refractivity (Wildman–Crippen MR) is 145 cm³/mol. The molecule has 0 saturated carbocycles. The second-order valence-electron chi connectivity index (χ2n) is 11.7. The number of likely N-dealkylation sites (tertiary alicyclic amines) is 1. The summed E-state index contributed by atoms with van der Waals surface area (Å²) >= 11 is 1.68. The number of fused-ring (bicyclic) bond motifs is 1. The minimum absolute atomic E-state index is 0.0180. The molecule has 1 N–H and O–H groups in total. The van der Waals surface area contributed by atoms with Crippen LogP contribution in [0.15, 0.2) is 25.3 Å². The molecule has 0 radical (unpaired) electrons. The fourth-order valence-corrected chi connectivity index (χ4v) is 9.04. The van der Waals surface area contributed by atoms with Gasteiger partial charge in [0.1, 0.15) is 6.04 Å². The molecule has 2 unspecified atom stereocenters. The van der Waals surface area contributed by atoms with Crippen LogP contribution >= 0.6 is 11.8 Å². The molecule has 36 heavy (non-hydrogen) atoms. The molecule has 3 saturated heterocycles. The van der Waals surface area contributed by atoms with E-state index in [1.54, 1.807) is 33.7 Å². The van der Waals surface area contributed by atoms with Crippen LogP contribution in [0.5, 0.6) is 0 Å². The first-order chi connectivity index (χ1) is 16.9. The number of rotatable bonds is 11. The Morgan fingerprint density at radius 2 is 1.83 bits per heavy atom. The molecule has 0 aromatic heterocycles. The van der Waals surface area contributed by atoms with Crippen LogP contribution < -0.4 is 0 Å². The highest BCUT2D eigenvalue weighted by molar-refractivity contribution is 8.02. The van der Waals surface area contributed by atoms with Crippen LogP contribution in [0.3, 0.4) is 0 Å². The van der Waals surface area contributed by atoms with E-state index in [4.69, 9.17) is 0 Å². The minimum atomic E-state index is -0.727. The average molecular weight is 520 g/mol. The molecule has 0 aliphatic carbocycles. The molecular weight excluding hydrogens is 474 g/mol. The van der Waals surface area contributed by atoms with E-state index in [9.17, 15) is 19.5 Å². The van der Waals surface area contributed by atoms with E-state index in [0.717, 1.165) is 12.8 Å². The normalized spacial score (nSPS) is 31.8. The summed E-state index contributed by atoms with van der Waals surface area (Å²) in [5.41, 5.74) is -0.474. The lowest BCUT2D eigenvalue weighted by molar-refractivity contribution is -0.149. The number of hydrogen-bond donors (Lipinski definition) is 1. The molecule has 3 rings (SSSR count). The van der Waals surface area contributed by atoms with E-state index < -0.39 is 39.0 Å². The first kappa shape index (κ1) is 28.8. The highest BCUT2D eigenvalue weighted by Gasteiger charge is 2.78. The summed E-state index contributed by atoms with van der Waals surface area (Å²) < 4.78 is -1.11. The lowest BCUT2D eigenvalue weighted by atomic mass is 9.66. The van der Waals surface area contributed by atoms with Crippen LogP contribution in [0, 0.1) is 11.8 Å². The lowest BCUT2D eigenvalue weighted by Crippen LogP contribution is -2.60. The van der Waals surface area contributed by atoms with Crippen LogP contribution in [-0.2, 0) is 14.4 Å². The lowest BCUT2D eigenvalue weighted by Gasteiger charge is -2.43.